The molecule has 0 aliphatic rings. The van der Waals surface area contributed by atoms with Gasteiger partial charge in [-0.05, 0) is 20.8 Å². The summed E-state index contributed by atoms with van der Waals surface area (Å²) in [6.07, 6.45) is 9.09. The van der Waals surface area contributed by atoms with Gasteiger partial charge in [0.1, 0.15) is 0 Å². The molecule has 0 bridgehead atoms. The monoisotopic (exact) mass is 179 g/mol. The van der Waals surface area contributed by atoms with E-state index in [4.69, 9.17) is 0 Å². The molecule has 0 aromatic heterocycles. The second kappa shape index (κ2) is 7.35. The van der Waals surface area contributed by atoms with E-state index in [0.717, 1.165) is 5.57 Å². The van der Waals surface area contributed by atoms with Crippen molar-refractivity contribution in [2.24, 2.45) is 0 Å². The van der Waals surface area contributed by atoms with Crippen LogP contribution in [0.5, 0.6) is 0 Å². The van der Waals surface area contributed by atoms with Crippen molar-refractivity contribution < 1.29 is 4.79 Å². The molecule has 0 aliphatic carbocycles. The predicted octanol–water partition coefficient (Wildman–Crippen LogP) is 2.20. The van der Waals surface area contributed by atoms with E-state index >= 15 is 0 Å². The lowest BCUT2D eigenvalue weighted by Gasteiger charge is -1.95. The average Bonchev–Trinajstić information content (AvgIpc) is 2.14. The SMILES string of the molecule is C/C=C\CNC(=O)/C=C/C(C)=C/C. The minimum atomic E-state index is -0.0562. The predicted molar refractivity (Wildman–Crippen MR) is 56.4 cm³/mol. The van der Waals surface area contributed by atoms with Gasteiger partial charge in [0.15, 0.2) is 0 Å². The van der Waals surface area contributed by atoms with Crippen molar-refractivity contribution >= 4 is 5.91 Å². The molecule has 0 spiro atoms. The van der Waals surface area contributed by atoms with E-state index in [1.165, 1.54) is 0 Å². The molecule has 1 amide bonds. The molecule has 0 aromatic rings. The number of hydrogen-bond donors (Lipinski definition) is 1. The van der Waals surface area contributed by atoms with Crippen LogP contribution in [0.1, 0.15) is 20.8 Å². The molecule has 0 atom stereocenters. The Kier molecular flexibility index (Phi) is 6.60. The van der Waals surface area contributed by atoms with Gasteiger partial charge < -0.3 is 5.32 Å². The Bertz CT molecular complexity index is 236. The normalized spacial score (nSPS) is 12.7. The van der Waals surface area contributed by atoms with Gasteiger partial charge >= 0.3 is 0 Å². The van der Waals surface area contributed by atoms with Crippen LogP contribution in [0, 0.1) is 0 Å². The molecule has 0 rings (SSSR count). The van der Waals surface area contributed by atoms with Crippen molar-refractivity contribution in [3.63, 3.8) is 0 Å². The molecule has 0 saturated heterocycles. The van der Waals surface area contributed by atoms with Crippen LogP contribution in [-0.4, -0.2) is 12.5 Å². The summed E-state index contributed by atoms with van der Waals surface area (Å²) < 4.78 is 0. The Morgan fingerprint density at radius 1 is 1.31 bits per heavy atom. The Labute approximate surface area is 80.0 Å². The van der Waals surface area contributed by atoms with Crippen molar-refractivity contribution in [1.82, 2.24) is 5.32 Å². The summed E-state index contributed by atoms with van der Waals surface area (Å²) in [5, 5.41) is 2.72. The summed E-state index contributed by atoms with van der Waals surface area (Å²) in [6.45, 7) is 6.41. The number of carbonyl (C=O) groups is 1. The second-order valence-electron chi connectivity index (χ2n) is 2.68. The molecule has 0 aliphatic heterocycles. The van der Waals surface area contributed by atoms with Gasteiger partial charge in [0.05, 0.1) is 0 Å². The van der Waals surface area contributed by atoms with Gasteiger partial charge in [0.2, 0.25) is 5.91 Å². The zero-order valence-electron chi connectivity index (χ0n) is 8.50. The Hall–Kier alpha value is -1.31. The molecule has 0 radical (unpaired) electrons. The van der Waals surface area contributed by atoms with Gasteiger partial charge in [0, 0.05) is 12.6 Å². The molecule has 72 valence electrons. The molecule has 1 N–H and O–H groups in total. The number of carbonyl (C=O) groups excluding carboxylic acids is 1. The van der Waals surface area contributed by atoms with Crippen LogP contribution in [0.2, 0.25) is 0 Å². The largest absolute Gasteiger partial charge is 0.349 e. The van der Waals surface area contributed by atoms with Crippen molar-refractivity contribution in [1.29, 1.82) is 0 Å². The van der Waals surface area contributed by atoms with Crippen LogP contribution >= 0.6 is 0 Å². The number of amides is 1. The first-order valence-electron chi connectivity index (χ1n) is 4.40. The Balaban J connectivity index is 3.81. The highest BCUT2D eigenvalue weighted by atomic mass is 16.1. The van der Waals surface area contributed by atoms with Gasteiger partial charge in [-0.15, -0.1) is 0 Å². The summed E-state index contributed by atoms with van der Waals surface area (Å²) >= 11 is 0. The number of rotatable bonds is 4. The molecule has 0 saturated carbocycles. The van der Waals surface area contributed by atoms with Crippen LogP contribution in [0.3, 0.4) is 0 Å². The maximum Gasteiger partial charge on any atom is 0.244 e. The van der Waals surface area contributed by atoms with Crippen molar-refractivity contribution in [3.05, 3.63) is 36.0 Å². The van der Waals surface area contributed by atoms with Crippen molar-refractivity contribution in [3.8, 4) is 0 Å². The first kappa shape index (κ1) is 11.7. The maximum absolute atomic E-state index is 11.1. The molecule has 13 heavy (non-hydrogen) atoms. The Morgan fingerprint density at radius 2 is 2.00 bits per heavy atom. The van der Waals surface area contributed by atoms with Crippen LogP contribution in [0.4, 0.5) is 0 Å². The fourth-order valence-electron chi connectivity index (χ4n) is 0.640. The standard InChI is InChI=1S/C11H17NO/c1-4-6-9-12-11(13)8-7-10(3)5-2/h4-8H,9H2,1-3H3,(H,12,13)/b6-4-,8-7+,10-5+. The van der Waals surface area contributed by atoms with E-state index in [2.05, 4.69) is 5.32 Å². The lowest BCUT2D eigenvalue weighted by molar-refractivity contribution is -0.116. The van der Waals surface area contributed by atoms with E-state index < -0.39 is 0 Å². The van der Waals surface area contributed by atoms with Gasteiger partial charge in [0.25, 0.3) is 0 Å². The molecule has 2 heteroatoms. The molecule has 0 fully saturated rings. The summed E-state index contributed by atoms with van der Waals surface area (Å²) in [7, 11) is 0. The molecular weight excluding hydrogens is 162 g/mol. The molecule has 0 unspecified atom stereocenters. The highest BCUT2D eigenvalue weighted by molar-refractivity contribution is 5.87. The van der Waals surface area contributed by atoms with Crippen LogP contribution < -0.4 is 5.32 Å². The minimum absolute atomic E-state index is 0.0562. The first-order chi connectivity index (χ1) is 6.20. The summed E-state index contributed by atoms with van der Waals surface area (Å²) in [4.78, 5) is 11.1. The number of hydrogen-bond acceptors (Lipinski definition) is 1. The van der Waals surface area contributed by atoms with Gasteiger partial charge in [-0.1, -0.05) is 29.9 Å². The molecular formula is C11H17NO. The smallest absolute Gasteiger partial charge is 0.244 e. The third-order valence-electron chi connectivity index (χ3n) is 1.58. The van der Waals surface area contributed by atoms with Gasteiger partial charge in [-0.25, -0.2) is 0 Å². The topological polar surface area (TPSA) is 29.1 Å². The fourth-order valence-corrected chi connectivity index (χ4v) is 0.640. The van der Waals surface area contributed by atoms with Crippen LogP contribution in [0.15, 0.2) is 36.0 Å². The highest BCUT2D eigenvalue weighted by Gasteiger charge is 1.90. The van der Waals surface area contributed by atoms with E-state index in [0.29, 0.717) is 6.54 Å². The fraction of sp³-hybridized carbons (Fsp3) is 0.364. The second-order valence-corrected chi connectivity index (χ2v) is 2.68. The van der Waals surface area contributed by atoms with E-state index in [-0.39, 0.29) is 5.91 Å². The van der Waals surface area contributed by atoms with Crippen molar-refractivity contribution in [2.45, 2.75) is 20.8 Å². The highest BCUT2D eigenvalue weighted by Crippen LogP contribution is 1.92. The Morgan fingerprint density at radius 3 is 2.54 bits per heavy atom. The maximum atomic E-state index is 11.1. The van der Waals surface area contributed by atoms with E-state index in [1.54, 1.807) is 12.2 Å². The molecule has 0 heterocycles. The van der Waals surface area contributed by atoms with E-state index in [1.807, 2.05) is 39.0 Å². The third-order valence-corrected chi connectivity index (χ3v) is 1.58. The summed E-state index contributed by atoms with van der Waals surface area (Å²) in [5.41, 5.74) is 1.08. The lowest BCUT2D eigenvalue weighted by Crippen LogP contribution is -2.20. The lowest BCUT2D eigenvalue weighted by atomic mass is 10.2. The van der Waals surface area contributed by atoms with Crippen molar-refractivity contribution in [2.75, 3.05) is 6.54 Å². The van der Waals surface area contributed by atoms with Crippen LogP contribution in [0.25, 0.3) is 0 Å². The van der Waals surface area contributed by atoms with E-state index in [9.17, 15) is 4.79 Å². The quantitative estimate of drug-likeness (QED) is 0.400. The zero-order valence-corrected chi connectivity index (χ0v) is 8.50. The van der Waals surface area contributed by atoms with Crippen LogP contribution in [-0.2, 0) is 4.79 Å². The summed E-state index contributed by atoms with van der Waals surface area (Å²) in [5.74, 6) is -0.0562. The third kappa shape index (κ3) is 7.06. The minimum Gasteiger partial charge on any atom is -0.349 e. The molecule has 2 nitrogen and oxygen atoms in total. The van der Waals surface area contributed by atoms with Gasteiger partial charge in [-0.3, -0.25) is 4.79 Å². The zero-order chi connectivity index (χ0) is 10.1. The average molecular weight is 179 g/mol. The number of nitrogens with one attached hydrogen (secondary N) is 1. The van der Waals surface area contributed by atoms with Gasteiger partial charge in [-0.2, -0.15) is 0 Å². The number of allylic oxidation sites excluding steroid dienone is 4. The first-order valence-corrected chi connectivity index (χ1v) is 4.40. The molecule has 0 aromatic carbocycles. The summed E-state index contributed by atoms with van der Waals surface area (Å²) in [6, 6.07) is 0.